The number of anilines is 1. The number of ether oxygens (including phenoxy) is 4. The summed E-state index contributed by atoms with van der Waals surface area (Å²) in [7, 11) is -0.983. The fourth-order valence-corrected chi connectivity index (χ4v) is 12.8. The summed E-state index contributed by atoms with van der Waals surface area (Å²) in [6.45, 7) is 5.44. The lowest BCUT2D eigenvalue weighted by molar-refractivity contribution is -0.124. The van der Waals surface area contributed by atoms with Crippen molar-refractivity contribution in [1.82, 2.24) is 62.6 Å². The van der Waals surface area contributed by atoms with Crippen molar-refractivity contribution in [3.8, 4) is 0 Å². The lowest BCUT2D eigenvalue weighted by Gasteiger charge is -2.45. The minimum Gasteiger partial charge on any atom is -0.465 e. The summed E-state index contributed by atoms with van der Waals surface area (Å²) < 4.78 is 78.3. The van der Waals surface area contributed by atoms with E-state index in [2.05, 4.69) is 35.6 Å². The molecule has 0 spiro atoms. The number of aromatic nitrogens is 8. The van der Waals surface area contributed by atoms with E-state index in [0.717, 1.165) is 4.57 Å². The molecule has 412 valence electrons. The molecule has 0 unspecified atom stereocenters. The van der Waals surface area contributed by atoms with Gasteiger partial charge in [0.1, 0.15) is 6.23 Å². The second-order valence-corrected chi connectivity index (χ2v) is 24.3. The van der Waals surface area contributed by atoms with Crippen molar-refractivity contribution in [1.29, 1.82) is 0 Å². The molecule has 5 aromatic rings. The Bertz CT molecular complexity index is 3390. The Morgan fingerprint density at radius 1 is 0.750 bits per heavy atom. The molecule has 29 nitrogen and oxygen atoms in total. The van der Waals surface area contributed by atoms with Gasteiger partial charge >= 0.3 is 32.7 Å². The number of hydrogen-bond donors (Lipinski definition) is 5. The molecule has 3 saturated heterocycles. The summed E-state index contributed by atoms with van der Waals surface area (Å²) in [5, 5.41) is 5.80. The van der Waals surface area contributed by atoms with Crippen molar-refractivity contribution in [2.24, 2.45) is 5.92 Å². The van der Waals surface area contributed by atoms with E-state index < -0.39 is 105 Å². The molecule has 3 aliphatic rings. The fraction of sp³-hybridized carbons (Fsp3) is 0.533. The highest BCUT2D eigenvalue weighted by Gasteiger charge is 2.47. The van der Waals surface area contributed by atoms with Crippen molar-refractivity contribution in [3.05, 3.63) is 117 Å². The molecule has 4 aromatic heterocycles. The van der Waals surface area contributed by atoms with E-state index in [0.29, 0.717) is 11.1 Å². The molecule has 76 heavy (non-hydrogen) atoms. The topological polar surface area (TPSA) is 334 Å². The molecule has 8 rings (SSSR count). The van der Waals surface area contributed by atoms with Crippen LogP contribution in [0.25, 0.3) is 11.2 Å². The van der Waals surface area contributed by atoms with E-state index in [-0.39, 0.29) is 74.1 Å². The average Bonchev–Trinajstić information content (AvgIpc) is 3.86. The Kier molecular flexibility index (Phi) is 16.9. The van der Waals surface area contributed by atoms with Crippen molar-refractivity contribution >= 4 is 44.3 Å². The molecular formula is C45H62N14O15P2. The number of esters is 1. The molecule has 5 N–H and O–H groups in total. The van der Waals surface area contributed by atoms with E-state index in [9.17, 15) is 33.6 Å². The summed E-state index contributed by atoms with van der Waals surface area (Å²) in [4.78, 5) is 106. The van der Waals surface area contributed by atoms with Crippen molar-refractivity contribution in [3.63, 3.8) is 0 Å². The van der Waals surface area contributed by atoms with Gasteiger partial charge in [-0.05, 0) is 53.7 Å². The Morgan fingerprint density at radius 3 is 1.92 bits per heavy atom. The van der Waals surface area contributed by atoms with Gasteiger partial charge in [0.15, 0.2) is 23.6 Å². The number of fused-ring (bicyclic) bond motifs is 1. The number of nitrogens with one attached hydrogen (secondary N) is 5. The van der Waals surface area contributed by atoms with E-state index in [1.54, 1.807) is 59.1 Å². The molecule has 7 heterocycles. The summed E-state index contributed by atoms with van der Waals surface area (Å²) >= 11 is 0. The van der Waals surface area contributed by atoms with Crippen LogP contribution in [0.3, 0.4) is 0 Å². The van der Waals surface area contributed by atoms with Gasteiger partial charge in [-0.15, -0.1) is 0 Å². The third-order valence-corrected chi connectivity index (χ3v) is 18.0. The molecule has 31 heteroatoms. The van der Waals surface area contributed by atoms with Crippen molar-refractivity contribution < 1.29 is 46.7 Å². The molecule has 3 aliphatic heterocycles. The van der Waals surface area contributed by atoms with Crippen LogP contribution in [0.2, 0.25) is 0 Å². The minimum absolute atomic E-state index is 0.000258. The van der Waals surface area contributed by atoms with Gasteiger partial charge in [0.25, 0.3) is 16.7 Å². The summed E-state index contributed by atoms with van der Waals surface area (Å²) in [6, 6.07) is 6.51. The van der Waals surface area contributed by atoms with Crippen LogP contribution in [0.15, 0.2) is 67.0 Å². The van der Waals surface area contributed by atoms with Crippen LogP contribution >= 0.6 is 15.3 Å². The van der Waals surface area contributed by atoms with Crippen LogP contribution in [0, 0.1) is 19.8 Å². The lowest BCUT2D eigenvalue weighted by atomic mass is 10.0. The van der Waals surface area contributed by atoms with Gasteiger partial charge < -0.3 is 33.3 Å². The molecule has 0 aliphatic carbocycles. The highest BCUT2D eigenvalue weighted by atomic mass is 31.2. The number of methoxy groups -OCH3 is 1. The maximum absolute atomic E-state index is 15.7. The van der Waals surface area contributed by atoms with E-state index in [1.807, 2.05) is 0 Å². The normalized spacial score (nSPS) is 23.4. The zero-order valence-corrected chi connectivity index (χ0v) is 45.1. The van der Waals surface area contributed by atoms with E-state index >= 15 is 9.13 Å². The largest absolute Gasteiger partial charge is 0.465 e. The fourth-order valence-electron chi connectivity index (χ4n) is 8.84. The van der Waals surface area contributed by atoms with Gasteiger partial charge in [-0.3, -0.25) is 62.3 Å². The van der Waals surface area contributed by atoms with Crippen LogP contribution < -0.4 is 38.7 Å². The Morgan fingerprint density at radius 2 is 1.32 bits per heavy atom. The van der Waals surface area contributed by atoms with Gasteiger partial charge in [-0.25, -0.2) is 38.0 Å². The Balaban J connectivity index is 1.13. The molecule has 1 aromatic carbocycles. The third-order valence-electron chi connectivity index (χ3n) is 13.0. The quantitative estimate of drug-likeness (QED) is 0.0636. The van der Waals surface area contributed by atoms with E-state index in [4.69, 9.17) is 28.0 Å². The molecule has 0 radical (unpaired) electrons. The van der Waals surface area contributed by atoms with Gasteiger partial charge in [-0.1, -0.05) is 32.0 Å². The van der Waals surface area contributed by atoms with Crippen molar-refractivity contribution in [2.45, 2.75) is 64.7 Å². The summed E-state index contributed by atoms with van der Waals surface area (Å²) in [5.74, 6) is -1.71. The van der Waals surface area contributed by atoms with Crippen LogP contribution in [0.5, 0.6) is 0 Å². The second-order valence-electron chi connectivity index (χ2n) is 19.1. The van der Waals surface area contributed by atoms with Gasteiger partial charge in [0, 0.05) is 55.6 Å². The first kappa shape index (κ1) is 56.1. The highest BCUT2D eigenvalue weighted by molar-refractivity contribution is 7.54. The van der Waals surface area contributed by atoms with Crippen molar-refractivity contribution in [2.75, 3.05) is 93.1 Å². The zero-order valence-electron chi connectivity index (χ0n) is 43.3. The number of hydrogen-bond acceptors (Lipinski definition) is 18. The first-order valence-electron chi connectivity index (χ1n) is 24.1. The maximum Gasteiger partial charge on any atom is 0.345 e. The number of nitrogens with zero attached hydrogens (tertiary/aromatic N) is 9. The standard InChI is InChI=1S/C45H62N14O15P2/c1-25(2)38(60)49-43-48-37-36(41(63)50-43)47-24-59(37)35-21-55(75(67,53(5)6)70-22-28-14-46-15-33(72-28)57-16-26(3)39(61)51-44(57)65)18-29(73-35)23-71-76(68,54(7)8)56-19-32(30-12-10-11-13-31(30)42(64)69-9)74-34(20-56)58-17-27(4)40(62)52-45(58)66/h10-13,16-17,24-25,28-29,32-35,46H,14-15,18-23H2,1-9H3,(H,51,61,65)(H,52,62,66)(H2,48,49,50,60,63)/t28-,29-,32+,33+,34+,35+,75-,76-/m0/s1. The number of rotatable bonds is 17. The van der Waals surface area contributed by atoms with Gasteiger partial charge in [-0.2, -0.15) is 4.98 Å². The lowest BCUT2D eigenvalue weighted by Crippen LogP contribution is -2.50. The number of carbonyl (C=O) groups is 2. The zero-order chi connectivity index (χ0) is 55.0. The minimum atomic E-state index is -4.25. The predicted molar refractivity (Wildman–Crippen MR) is 273 cm³/mol. The number of morpholine rings is 3. The number of benzene rings is 1. The molecule has 0 bridgehead atoms. The van der Waals surface area contributed by atoms with Crippen LogP contribution in [-0.2, 0) is 41.9 Å². The smallest absolute Gasteiger partial charge is 0.345 e. The maximum atomic E-state index is 15.7. The molecule has 0 saturated carbocycles. The van der Waals surface area contributed by atoms with Gasteiger partial charge in [0.2, 0.25) is 11.9 Å². The summed E-state index contributed by atoms with van der Waals surface area (Å²) in [5.41, 5.74) is -2.40. The molecule has 1 amide bonds. The number of carbonyl (C=O) groups excluding carboxylic acids is 2. The highest BCUT2D eigenvalue weighted by Crippen LogP contribution is 2.57. The second kappa shape index (κ2) is 22.9. The third kappa shape index (κ3) is 11.6. The summed E-state index contributed by atoms with van der Waals surface area (Å²) in [6.07, 6.45) is -2.05. The van der Waals surface area contributed by atoms with Gasteiger partial charge in [0.05, 0.1) is 63.6 Å². The number of amides is 1. The molecule has 8 atom stereocenters. The Labute approximate surface area is 433 Å². The number of H-pyrrole nitrogens is 3. The molecular weight excluding hydrogens is 1040 g/mol. The first-order chi connectivity index (χ1) is 36.0. The predicted octanol–water partition coefficient (Wildman–Crippen LogP) is 0.849. The van der Waals surface area contributed by atoms with Crippen LogP contribution in [0.4, 0.5) is 5.95 Å². The average molecular weight is 1100 g/mol. The number of aryl methyl sites for hydroxylation is 2. The number of imidazole rings is 1. The number of aromatic amines is 3. The Hall–Kier alpha value is -6.07. The van der Waals surface area contributed by atoms with Crippen LogP contribution in [0.1, 0.15) is 65.7 Å². The van der Waals surface area contributed by atoms with E-state index in [1.165, 1.54) is 74.7 Å². The van der Waals surface area contributed by atoms with Crippen LogP contribution in [-0.4, -0.2) is 169 Å². The first-order valence-corrected chi connectivity index (χ1v) is 27.2. The monoisotopic (exact) mass is 1100 g/mol. The molecule has 3 fully saturated rings. The SMILES string of the molecule is COC(=O)c1ccccc1[C@H]1CN([P@@](=O)(OC[C@@H]2CN([P@@](=O)(OC[C@@H]3CNC[C@H](n4cc(C)c(=O)[nH]c4=O)O3)N(C)C)C[C@H](n3cnc4c(=O)[nH]c(NC(=O)C(C)C)nc43)O2)N(C)C)C[C@H](n2cc(C)c(=O)[nH]c2=O)O1.